The summed E-state index contributed by atoms with van der Waals surface area (Å²) in [6.45, 7) is 8.46. The van der Waals surface area contributed by atoms with E-state index in [9.17, 15) is 14.7 Å². The molecular weight excluding hydrogens is 290 g/mol. The van der Waals surface area contributed by atoms with Gasteiger partial charge in [-0.25, -0.2) is 4.79 Å². The molecule has 4 heteroatoms. The fourth-order valence-corrected chi connectivity index (χ4v) is 3.52. The highest BCUT2D eigenvalue weighted by Gasteiger charge is 2.38. The summed E-state index contributed by atoms with van der Waals surface area (Å²) in [6, 6.07) is -0.743. The SMILES string of the molecule is CCC[C@H](NC(=O)C1(C)CCC(CCCC(C)C)CC1)C(=O)O. The molecule has 0 unspecified atom stereocenters. The van der Waals surface area contributed by atoms with E-state index in [-0.39, 0.29) is 5.91 Å². The second-order valence-electron chi connectivity index (χ2n) is 7.98. The molecule has 1 fully saturated rings. The summed E-state index contributed by atoms with van der Waals surface area (Å²) >= 11 is 0. The summed E-state index contributed by atoms with van der Waals surface area (Å²) in [7, 11) is 0. The molecule has 0 aromatic rings. The normalized spacial score (nSPS) is 26.0. The largest absolute Gasteiger partial charge is 0.480 e. The molecule has 0 aromatic carbocycles. The quantitative estimate of drug-likeness (QED) is 0.661. The zero-order chi connectivity index (χ0) is 17.5. The predicted molar refractivity (Wildman–Crippen MR) is 93.2 cm³/mol. The van der Waals surface area contributed by atoms with Gasteiger partial charge in [0, 0.05) is 5.41 Å². The van der Waals surface area contributed by atoms with Crippen molar-refractivity contribution in [2.45, 2.75) is 91.5 Å². The van der Waals surface area contributed by atoms with E-state index in [1.165, 1.54) is 19.3 Å². The average molecular weight is 325 g/mol. The lowest BCUT2D eigenvalue weighted by molar-refractivity contribution is -0.144. The number of carboxylic acid groups (broad SMARTS) is 1. The van der Waals surface area contributed by atoms with Crippen LogP contribution in [-0.2, 0) is 9.59 Å². The molecule has 0 saturated heterocycles. The lowest BCUT2D eigenvalue weighted by atomic mass is 9.70. The van der Waals surface area contributed by atoms with Crippen molar-refractivity contribution in [3.63, 3.8) is 0 Å². The van der Waals surface area contributed by atoms with Crippen LogP contribution in [-0.4, -0.2) is 23.0 Å². The van der Waals surface area contributed by atoms with Crippen molar-refractivity contribution in [2.75, 3.05) is 0 Å². The van der Waals surface area contributed by atoms with E-state index in [4.69, 9.17) is 0 Å². The zero-order valence-corrected chi connectivity index (χ0v) is 15.4. The average Bonchev–Trinajstić information content (AvgIpc) is 2.48. The number of carboxylic acids is 1. The molecule has 0 spiro atoms. The first-order chi connectivity index (χ1) is 10.8. The summed E-state index contributed by atoms with van der Waals surface area (Å²) in [5, 5.41) is 12.0. The Labute approximate surface area is 141 Å². The smallest absolute Gasteiger partial charge is 0.326 e. The van der Waals surface area contributed by atoms with Gasteiger partial charge in [-0.15, -0.1) is 0 Å². The van der Waals surface area contributed by atoms with E-state index in [1.54, 1.807) is 0 Å². The van der Waals surface area contributed by atoms with Crippen molar-refractivity contribution in [3.05, 3.63) is 0 Å². The van der Waals surface area contributed by atoms with E-state index < -0.39 is 17.4 Å². The topological polar surface area (TPSA) is 66.4 Å². The number of amides is 1. The standard InChI is InChI=1S/C19H35NO3/c1-5-7-16(17(21)22)20-18(23)19(4)12-10-15(11-13-19)9-6-8-14(2)3/h14-16H,5-13H2,1-4H3,(H,20,23)(H,21,22)/t15?,16-,19?/m0/s1. The Kier molecular flexibility index (Phi) is 8.07. The molecule has 1 aliphatic rings. The molecule has 0 aromatic heterocycles. The van der Waals surface area contributed by atoms with Crippen LogP contribution >= 0.6 is 0 Å². The molecule has 1 amide bonds. The van der Waals surface area contributed by atoms with Crippen molar-refractivity contribution in [3.8, 4) is 0 Å². The number of hydrogen-bond acceptors (Lipinski definition) is 2. The van der Waals surface area contributed by atoms with E-state index in [0.29, 0.717) is 6.42 Å². The summed E-state index contributed by atoms with van der Waals surface area (Å²) < 4.78 is 0. The summed E-state index contributed by atoms with van der Waals surface area (Å²) in [6.07, 6.45) is 9.02. The van der Waals surface area contributed by atoms with Gasteiger partial charge in [0.15, 0.2) is 0 Å². The minimum atomic E-state index is -0.925. The third-order valence-corrected chi connectivity index (χ3v) is 5.33. The molecule has 2 N–H and O–H groups in total. The molecular formula is C19H35NO3. The Morgan fingerprint density at radius 3 is 2.30 bits per heavy atom. The second-order valence-corrected chi connectivity index (χ2v) is 7.98. The second kappa shape index (κ2) is 9.29. The molecule has 23 heavy (non-hydrogen) atoms. The van der Waals surface area contributed by atoms with Gasteiger partial charge in [-0.05, 0) is 43.9 Å². The Balaban J connectivity index is 2.45. The number of hydrogen-bond donors (Lipinski definition) is 2. The molecule has 0 radical (unpaired) electrons. The molecule has 1 saturated carbocycles. The van der Waals surface area contributed by atoms with Gasteiger partial charge >= 0.3 is 5.97 Å². The first-order valence-corrected chi connectivity index (χ1v) is 9.32. The van der Waals surface area contributed by atoms with E-state index in [2.05, 4.69) is 19.2 Å². The maximum Gasteiger partial charge on any atom is 0.326 e. The fourth-order valence-electron chi connectivity index (χ4n) is 3.52. The van der Waals surface area contributed by atoms with Crippen LogP contribution in [0.2, 0.25) is 0 Å². The number of carbonyl (C=O) groups excluding carboxylic acids is 1. The Hall–Kier alpha value is -1.06. The minimum Gasteiger partial charge on any atom is -0.480 e. The molecule has 1 aliphatic carbocycles. The van der Waals surface area contributed by atoms with E-state index in [0.717, 1.165) is 43.9 Å². The van der Waals surface area contributed by atoms with Crippen LogP contribution in [0.25, 0.3) is 0 Å². The van der Waals surface area contributed by atoms with Crippen LogP contribution in [0.4, 0.5) is 0 Å². The molecule has 0 bridgehead atoms. The van der Waals surface area contributed by atoms with Crippen LogP contribution < -0.4 is 5.32 Å². The highest BCUT2D eigenvalue weighted by molar-refractivity contribution is 5.87. The highest BCUT2D eigenvalue weighted by atomic mass is 16.4. The number of rotatable bonds is 9. The van der Waals surface area contributed by atoms with Crippen molar-refractivity contribution in [1.29, 1.82) is 0 Å². The summed E-state index contributed by atoms with van der Waals surface area (Å²) in [5.41, 5.74) is -0.393. The first-order valence-electron chi connectivity index (χ1n) is 9.32. The third kappa shape index (κ3) is 6.52. The van der Waals surface area contributed by atoms with E-state index >= 15 is 0 Å². The highest BCUT2D eigenvalue weighted by Crippen LogP contribution is 2.40. The minimum absolute atomic E-state index is 0.0704. The number of carbonyl (C=O) groups is 2. The molecule has 1 atom stereocenters. The molecule has 0 aliphatic heterocycles. The third-order valence-electron chi connectivity index (χ3n) is 5.33. The van der Waals surface area contributed by atoms with Gasteiger partial charge < -0.3 is 10.4 Å². The first kappa shape index (κ1) is 20.0. The monoisotopic (exact) mass is 325 g/mol. The summed E-state index contributed by atoms with van der Waals surface area (Å²) in [4.78, 5) is 23.8. The van der Waals surface area contributed by atoms with Crippen LogP contribution in [0.3, 0.4) is 0 Å². The molecule has 0 heterocycles. The number of aliphatic carboxylic acids is 1. The predicted octanol–water partition coefficient (Wildman–Crippen LogP) is 4.38. The van der Waals surface area contributed by atoms with Crippen LogP contribution in [0, 0.1) is 17.3 Å². The van der Waals surface area contributed by atoms with Gasteiger partial charge in [-0.1, -0.05) is 53.4 Å². The van der Waals surface area contributed by atoms with Gasteiger partial charge in [-0.3, -0.25) is 4.79 Å². The number of nitrogens with one attached hydrogen (secondary N) is 1. The molecule has 4 nitrogen and oxygen atoms in total. The van der Waals surface area contributed by atoms with Crippen molar-refractivity contribution in [1.82, 2.24) is 5.32 Å². The van der Waals surface area contributed by atoms with Gasteiger partial charge in [0.1, 0.15) is 6.04 Å². The maximum absolute atomic E-state index is 12.5. The van der Waals surface area contributed by atoms with Crippen LogP contribution in [0.1, 0.15) is 85.5 Å². The van der Waals surface area contributed by atoms with Crippen molar-refractivity contribution >= 4 is 11.9 Å². The van der Waals surface area contributed by atoms with Gasteiger partial charge in [0.05, 0.1) is 0 Å². The molecule has 134 valence electrons. The Morgan fingerprint density at radius 2 is 1.83 bits per heavy atom. The van der Waals surface area contributed by atoms with E-state index in [1.807, 2.05) is 13.8 Å². The van der Waals surface area contributed by atoms with Crippen molar-refractivity contribution < 1.29 is 14.7 Å². The lowest BCUT2D eigenvalue weighted by Crippen LogP contribution is -2.48. The summed E-state index contributed by atoms with van der Waals surface area (Å²) in [5.74, 6) is 0.506. The van der Waals surface area contributed by atoms with Gasteiger partial charge in [-0.2, -0.15) is 0 Å². The van der Waals surface area contributed by atoms with Crippen molar-refractivity contribution in [2.24, 2.45) is 17.3 Å². The zero-order valence-electron chi connectivity index (χ0n) is 15.4. The van der Waals surface area contributed by atoms with Gasteiger partial charge in [0.2, 0.25) is 5.91 Å². The van der Waals surface area contributed by atoms with Crippen LogP contribution in [0.15, 0.2) is 0 Å². The molecule has 1 rings (SSSR count). The fraction of sp³-hybridized carbons (Fsp3) is 0.895. The maximum atomic E-state index is 12.5. The lowest BCUT2D eigenvalue weighted by Gasteiger charge is -2.37. The van der Waals surface area contributed by atoms with Crippen LogP contribution in [0.5, 0.6) is 0 Å². The Morgan fingerprint density at radius 1 is 1.22 bits per heavy atom. The Bertz CT molecular complexity index is 384. The van der Waals surface area contributed by atoms with Gasteiger partial charge in [0.25, 0.3) is 0 Å².